The van der Waals surface area contributed by atoms with Crippen LogP contribution in [0.5, 0.6) is 0 Å². The molecular formula is C18H16FN. The quantitative estimate of drug-likeness (QED) is 0.658. The van der Waals surface area contributed by atoms with Gasteiger partial charge in [-0.25, -0.2) is 4.39 Å². The Morgan fingerprint density at radius 1 is 1.20 bits per heavy atom. The highest BCUT2D eigenvalue weighted by molar-refractivity contribution is 6.00. The number of aromatic nitrogens is 1. The third-order valence-corrected chi connectivity index (χ3v) is 4.63. The minimum absolute atomic E-state index is 0.0652. The third-order valence-electron chi connectivity index (χ3n) is 4.63. The van der Waals surface area contributed by atoms with Crippen LogP contribution in [-0.2, 0) is 5.41 Å². The zero-order valence-electron chi connectivity index (χ0n) is 11.7. The first-order valence-corrected chi connectivity index (χ1v) is 7.09. The Kier molecular flexibility index (Phi) is 2.24. The second kappa shape index (κ2) is 3.78. The average molecular weight is 265 g/mol. The Bertz CT molecular complexity index is 791. The van der Waals surface area contributed by atoms with Crippen molar-refractivity contribution in [2.45, 2.75) is 32.1 Å². The minimum atomic E-state index is -0.300. The van der Waals surface area contributed by atoms with Crippen LogP contribution >= 0.6 is 0 Å². The molecule has 4 rings (SSSR count). The number of hydrogen-bond acceptors (Lipinski definition) is 1. The van der Waals surface area contributed by atoms with E-state index in [0.29, 0.717) is 0 Å². The topological polar surface area (TPSA) is 12.9 Å². The van der Waals surface area contributed by atoms with Crippen LogP contribution in [0.1, 0.15) is 37.9 Å². The van der Waals surface area contributed by atoms with E-state index in [1.54, 1.807) is 6.08 Å². The number of halogens is 1. The monoisotopic (exact) mass is 265 g/mol. The molecule has 0 saturated carbocycles. The molecule has 2 aromatic rings. The summed E-state index contributed by atoms with van der Waals surface area (Å²) in [5.41, 5.74) is 3.80. The molecule has 2 aliphatic carbocycles. The normalized spacial score (nSPS) is 19.9. The number of nitrogens with zero attached hydrogens (tertiary/aromatic N) is 1. The number of benzene rings is 1. The van der Waals surface area contributed by atoms with Crippen molar-refractivity contribution in [2.75, 3.05) is 0 Å². The lowest BCUT2D eigenvalue weighted by Crippen LogP contribution is -2.27. The maximum Gasteiger partial charge on any atom is 0.123 e. The molecule has 0 atom stereocenters. The van der Waals surface area contributed by atoms with Crippen molar-refractivity contribution in [1.29, 1.82) is 0 Å². The summed E-state index contributed by atoms with van der Waals surface area (Å²) in [4.78, 5) is 4.57. The number of hydrogen-bond donors (Lipinski definition) is 0. The van der Waals surface area contributed by atoms with Crippen LogP contribution in [-0.4, -0.2) is 4.98 Å². The van der Waals surface area contributed by atoms with E-state index in [1.165, 1.54) is 16.3 Å². The highest BCUT2D eigenvalue weighted by atomic mass is 19.1. The van der Waals surface area contributed by atoms with Gasteiger partial charge in [0.05, 0.1) is 5.69 Å². The Morgan fingerprint density at radius 3 is 2.90 bits per heavy atom. The lowest BCUT2D eigenvalue weighted by atomic mass is 9.67. The number of fused-ring (bicyclic) bond motifs is 1. The van der Waals surface area contributed by atoms with Crippen molar-refractivity contribution in [2.24, 2.45) is 0 Å². The molecule has 2 heteroatoms. The Hall–Kier alpha value is -1.96. The maximum absolute atomic E-state index is 14.5. The summed E-state index contributed by atoms with van der Waals surface area (Å²) < 4.78 is 14.5. The van der Waals surface area contributed by atoms with E-state index in [1.807, 2.05) is 12.3 Å². The SMILES string of the molecule is CC1(C)C2=C(CCC=C2F)c2nccc3cccc1c23. The average Bonchev–Trinajstić information content (AvgIpc) is 2.44. The van der Waals surface area contributed by atoms with Crippen LogP contribution in [0, 0.1) is 0 Å². The highest BCUT2D eigenvalue weighted by Gasteiger charge is 2.38. The molecule has 100 valence electrons. The molecular weight excluding hydrogens is 249 g/mol. The van der Waals surface area contributed by atoms with Gasteiger partial charge >= 0.3 is 0 Å². The molecule has 0 fully saturated rings. The molecule has 0 radical (unpaired) electrons. The van der Waals surface area contributed by atoms with Gasteiger partial charge in [-0.15, -0.1) is 0 Å². The summed E-state index contributed by atoms with van der Waals surface area (Å²) in [7, 11) is 0. The van der Waals surface area contributed by atoms with Crippen molar-refractivity contribution in [1.82, 2.24) is 4.98 Å². The van der Waals surface area contributed by atoms with Crippen LogP contribution in [0.15, 0.2) is 47.9 Å². The fourth-order valence-corrected chi connectivity index (χ4v) is 3.74. The molecule has 1 nitrogen and oxygen atoms in total. The largest absolute Gasteiger partial charge is 0.256 e. The van der Waals surface area contributed by atoms with Crippen LogP contribution in [0.2, 0.25) is 0 Å². The fourth-order valence-electron chi connectivity index (χ4n) is 3.74. The van der Waals surface area contributed by atoms with Crippen molar-refractivity contribution in [3.8, 4) is 0 Å². The van der Waals surface area contributed by atoms with Gasteiger partial charge in [0, 0.05) is 22.6 Å². The Morgan fingerprint density at radius 2 is 2.05 bits per heavy atom. The summed E-state index contributed by atoms with van der Waals surface area (Å²) in [6.45, 7) is 4.23. The van der Waals surface area contributed by atoms with Gasteiger partial charge in [0.2, 0.25) is 0 Å². The predicted octanol–water partition coefficient (Wildman–Crippen LogP) is 4.93. The summed E-state index contributed by atoms with van der Waals surface area (Å²) in [5.74, 6) is -0.0652. The first-order chi connectivity index (χ1) is 9.60. The van der Waals surface area contributed by atoms with Crippen molar-refractivity contribution in [3.05, 3.63) is 59.2 Å². The van der Waals surface area contributed by atoms with Gasteiger partial charge in [-0.3, -0.25) is 4.98 Å². The van der Waals surface area contributed by atoms with Gasteiger partial charge in [0.15, 0.2) is 0 Å². The number of rotatable bonds is 0. The van der Waals surface area contributed by atoms with Gasteiger partial charge in [0.1, 0.15) is 5.83 Å². The number of allylic oxidation sites excluding steroid dienone is 4. The molecule has 1 aromatic heterocycles. The predicted molar refractivity (Wildman–Crippen MR) is 80.1 cm³/mol. The van der Waals surface area contributed by atoms with Crippen LogP contribution in [0.25, 0.3) is 16.3 Å². The second-order valence-corrected chi connectivity index (χ2v) is 6.13. The molecule has 0 saturated heterocycles. The van der Waals surface area contributed by atoms with E-state index in [0.717, 1.165) is 29.7 Å². The van der Waals surface area contributed by atoms with E-state index < -0.39 is 0 Å². The van der Waals surface area contributed by atoms with Crippen molar-refractivity contribution < 1.29 is 4.39 Å². The molecule has 1 aromatic carbocycles. The number of pyridine rings is 1. The summed E-state index contributed by atoms with van der Waals surface area (Å²) in [5, 5.41) is 2.40. The van der Waals surface area contributed by atoms with Crippen molar-refractivity contribution in [3.63, 3.8) is 0 Å². The van der Waals surface area contributed by atoms with Gasteiger partial charge < -0.3 is 0 Å². The molecule has 0 unspecified atom stereocenters. The van der Waals surface area contributed by atoms with Gasteiger partial charge in [0.25, 0.3) is 0 Å². The lowest BCUT2D eigenvalue weighted by Gasteiger charge is -2.37. The van der Waals surface area contributed by atoms with E-state index in [2.05, 4.69) is 37.0 Å². The summed E-state index contributed by atoms with van der Waals surface area (Å²) in [6, 6.07) is 8.32. The van der Waals surface area contributed by atoms with Crippen LogP contribution < -0.4 is 0 Å². The van der Waals surface area contributed by atoms with Gasteiger partial charge in [-0.05, 0) is 41.5 Å². The smallest absolute Gasteiger partial charge is 0.123 e. The molecule has 0 spiro atoms. The third kappa shape index (κ3) is 1.34. The van der Waals surface area contributed by atoms with Crippen molar-refractivity contribution >= 4 is 16.3 Å². The first kappa shape index (κ1) is 11.8. The van der Waals surface area contributed by atoms with Crippen LogP contribution in [0.4, 0.5) is 4.39 Å². The Balaban J connectivity index is 2.20. The molecule has 2 aliphatic rings. The highest BCUT2D eigenvalue weighted by Crippen LogP contribution is 2.51. The maximum atomic E-state index is 14.5. The molecule has 0 amide bonds. The molecule has 0 bridgehead atoms. The van der Waals surface area contributed by atoms with E-state index in [4.69, 9.17) is 0 Å². The second-order valence-electron chi connectivity index (χ2n) is 6.13. The summed E-state index contributed by atoms with van der Waals surface area (Å²) >= 11 is 0. The molecule has 0 N–H and O–H groups in total. The minimum Gasteiger partial charge on any atom is -0.256 e. The Labute approximate surface area is 117 Å². The molecule has 1 heterocycles. The molecule has 20 heavy (non-hydrogen) atoms. The first-order valence-electron chi connectivity index (χ1n) is 7.09. The standard InChI is InChI=1S/C18H16FN/c1-18(2)13-7-3-5-11-9-10-20-17(15(11)13)12-6-4-8-14(19)16(12)18/h3,5,7-10H,4,6H2,1-2H3. The van der Waals surface area contributed by atoms with Gasteiger partial charge in [-0.1, -0.05) is 32.0 Å². The van der Waals surface area contributed by atoms with E-state index in [-0.39, 0.29) is 11.2 Å². The van der Waals surface area contributed by atoms with Crippen LogP contribution in [0.3, 0.4) is 0 Å². The van der Waals surface area contributed by atoms with E-state index >= 15 is 0 Å². The zero-order chi connectivity index (χ0) is 13.9. The lowest BCUT2D eigenvalue weighted by molar-refractivity contribution is 0.546. The van der Waals surface area contributed by atoms with E-state index in [9.17, 15) is 4.39 Å². The zero-order valence-corrected chi connectivity index (χ0v) is 11.7. The van der Waals surface area contributed by atoms with Gasteiger partial charge in [-0.2, -0.15) is 0 Å². The fraction of sp³-hybridized carbons (Fsp3) is 0.278. The molecule has 0 aliphatic heterocycles. The summed E-state index contributed by atoms with van der Waals surface area (Å²) in [6.07, 6.45) is 5.20.